The van der Waals surface area contributed by atoms with Gasteiger partial charge in [0.05, 0.1) is 6.61 Å². The average molecular weight is 174 g/mol. The van der Waals surface area contributed by atoms with Crippen LogP contribution in [0, 0.1) is 0 Å². The van der Waals surface area contributed by atoms with Crippen molar-refractivity contribution in [2.24, 2.45) is 5.73 Å². The fourth-order valence-corrected chi connectivity index (χ4v) is 0.835. The maximum atomic E-state index is 5.68. The molecule has 0 saturated heterocycles. The van der Waals surface area contributed by atoms with Crippen LogP contribution in [-0.2, 0) is 4.74 Å². The van der Waals surface area contributed by atoms with Crippen molar-refractivity contribution in [3.63, 3.8) is 0 Å². The van der Waals surface area contributed by atoms with Gasteiger partial charge in [-0.25, -0.2) is 0 Å². The molecule has 0 aliphatic carbocycles. The molecule has 0 amide bonds. The van der Waals surface area contributed by atoms with Gasteiger partial charge in [0.1, 0.15) is 0 Å². The van der Waals surface area contributed by atoms with Crippen molar-refractivity contribution in [1.29, 1.82) is 0 Å². The van der Waals surface area contributed by atoms with E-state index in [4.69, 9.17) is 10.5 Å². The molecule has 0 saturated carbocycles. The highest BCUT2D eigenvalue weighted by molar-refractivity contribution is 4.55. The number of rotatable bonds is 7. The van der Waals surface area contributed by atoms with Gasteiger partial charge in [0.15, 0.2) is 0 Å². The van der Waals surface area contributed by atoms with E-state index in [1.807, 2.05) is 0 Å². The molecule has 0 aromatic carbocycles. The summed E-state index contributed by atoms with van der Waals surface area (Å²) in [6.45, 7) is 4.69. The zero-order valence-electron chi connectivity index (χ0n) is 8.55. The zero-order valence-corrected chi connectivity index (χ0v) is 8.55. The second kappa shape index (κ2) is 7.53. The molecule has 74 valence electrons. The third-order valence-electron chi connectivity index (χ3n) is 1.75. The molecule has 0 rings (SSSR count). The van der Waals surface area contributed by atoms with Crippen molar-refractivity contribution in [2.45, 2.75) is 25.8 Å². The number of hydrogen-bond donors (Lipinski definition) is 1. The first kappa shape index (κ1) is 11.9. The lowest BCUT2D eigenvalue weighted by Crippen LogP contribution is -2.25. The fraction of sp³-hybridized carbons (Fsp3) is 1.00. The molecule has 3 heteroatoms. The Kier molecular flexibility index (Phi) is 7.45. The van der Waals surface area contributed by atoms with E-state index in [2.05, 4.69) is 25.9 Å². The number of hydrogen-bond acceptors (Lipinski definition) is 3. The summed E-state index contributed by atoms with van der Waals surface area (Å²) >= 11 is 0. The van der Waals surface area contributed by atoms with Crippen LogP contribution < -0.4 is 5.73 Å². The third kappa shape index (κ3) is 7.98. The van der Waals surface area contributed by atoms with E-state index in [0.717, 1.165) is 26.0 Å². The minimum atomic E-state index is 0.212. The summed E-state index contributed by atoms with van der Waals surface area (Å²) in [4.78, 5) is 2.16. The predicted molar refractivity (Wildman–Crippen MR) is 52.3 cm³/mol. The summed E-state index contributed by atoms with van der Waals surface area (Å²) in [7, 11) is 4.13. The Labute approximate surface area is 75.9 Å². The van der Waals surface area contributed by atoms with Gasteiger partial charge < -0.3 is 15.4 Å². The highest BCUT2D eigenvalue weighted by atomic mass is 16.5. The van der Waals surface area contributed by atoms with Crippen molar-refractivity contribution in [3.8, 4) is 0 Å². The third-order valence-corrected chi connectivity index (χ3v) is 1.75. The van der Waals surface area contributed by atoms with Crippen molar-refractivity contribution >= 4 is 0 Å². The summed E-state index contributed by atoms with van der Waals surface area (Å²) in [5, 5.41) is 0. The van der Waals surface area contributed by atoms with E-state index >= 15 is 0 Å². The highest BCUT2D eigenvalue weighted by Crippen LogP contribution is 1.90. The summed E-state index contributed by atoms with van der Waals surface area (Å²) in [6, 6.07) is 0.212. The fourth-order valence-electron chi connectivity index (χ4n) is 0.835. The topological polar surface area (TPSA) is 38.5 Å². The van der Waals surface area contributed by atoms with E-state index in [-0.39, 0.29) is 6.04 Å². The molecule has 0 fully saturated rings. The monoisotopic (exact) mass is 174 g/mol. The van der Waals surface area contributed by atoms with Gasteiger partial charge in [0.2, 0.25) is 0 Å². The quantitative estimate of drug-likeness (QED) is 0.577. The van der Waals surface area contributed by atoms with Crippen LogP contribution in [0.3, 0.4) is 0 Å². The van der Waals surface area contributed by atoms with Crippen LogP contribution in [0.15, 0.2) is 0 Å². The Morgan fingerprint density at radius 2 is 2.08 bits per heavy atom. The Hall–Kier alpha value is -0.120. The molecule has 3 nitrogen and oxygen atoms in total. The first-order valence-electron chi connectivity index (χ1n) is 4.64. The molecular weight excluding hydrogens is 152 g/mol. The molecular formula is C9H22N2O. The Morgan fingerprint density at radius 3 is 2.58 bits per heavy atom. The normalized spacial score (nSPS) is 13.8. The van der Waals surface area contributed by atoms with Gasteiger partial charge >= 0.3 is 0 Å². The average Bonchev–Trinajstić information content (AvgIpc) is 2.03. The van der Waals surface area contributed by atoms with Crippen molar-refractivity contribution in [3.05, 3.63) is 0 Å². The van der Waals surface area contributed by atoms with Gasteiger partial charge in [-0.15, -0.1) is 0 Å². The largest absolute Gasteiger partial charge is 0.380 e. The molecule has 0 radical (unpaired) electrons. The molecule has 0 aliphatic rings. The van der Waals surface area contributed by atoms with Gasteiger partial charge in [0.25, 0.3) is 0 Å². The van der Waals surface area contributed by atoms with Crippen LogP contribution >= 0.6 is 0 Å². The molecule has 1 atom stereocenters. The molecule has 1 unspecified atom stereocenters. The molecule has 0 aliphatic heterocycles. The predicted octanol–water partition coefficient (Wildman–Crippen LogP) is 0.692. The van der Waals surface area contributed by atoms with Gasteiger partial charge in [-0.2, -0.15) is 0 Å². The summed E-state index contributed by atoms with van der Waals surface area (Å²) in [5.74, 6) is 0. The van der Waals surface area contributed by atoms with Gasteiger partial charge in [-0.05, 0) is 33.5 Å². The van der Waals surface area contributed by atoms with Crippen LogP contribution in [0.2, 0.25) is 0 Å². The molecule has 0 aromatic heterocycles. The van der Waals surface area contributed by atoms with Gasteiger partial charge in [-0.1, -0.05) is 6.92 Å². The second-order valence-electron chi connectivity index (χ2n) is 3.40. The summed E-state index contributed by atoms with van der Waals surface area (Å²) in [6.07, 6.45) is 2.08. The molecule has 0 heterocycles. The summed E-state index contributed by atoms with van der Waals surface area (Å²) < 4.78 is 5.39. The molecule has 0 spiro atoms. The molecule has 0 bridgehead atoms. The van der Waals surface area contributed by atoms with E-state index in [0.29, 0.717) is 6.61 Å². The first-order chi connectivity index (χ1) is 5.66. The van der Waals surface area contributed by atoms with E-state index in [1.54, 1.807) is 0 Å². The van der Waals surface area contributed by atoms with Crippen molar-refractivity contribution in [2.75, 3.05) is 33.9 Å². The minimum absolute atomic E-state index is 0.212. The maximum absolute atomic E-state index is 5.68. The first-order valence-corrected chi connectivity index (χ1v) is 4.64. The van der Waals surface area contributed by atoms with Gasteiger partial charge in [-0.3, -0.25) is 0 Å². The number of ether oxygens (including phenoxy) is 1. The van der Waals surface area contributed by atoms with E-state index in [9.17, 15) is 0 Å². The smallest absolute Gasteiger partial charge is 0.0617 e. The Balaban J connectivity index is 3.00. The van der Waals surface area contributed by atoms with Crippen LogP contribution in [-0.4, -0.2) is 44.8 Å². The molecule has 0 aromatic rings. The lowest BCUT2D eigenvalue weighted by atomic mass is 10.3. The number of nitrogens with zero attached hydrogens (tertiary/aromatic N) is 1. The van der Waals surface area contributed by atoms with Crippen LogP contribution in [0.25, 0.3) is 0 Å². The number of nitrogens with two attached hydrogens (primary N) is 1. The Bertz CT molecular complexity index is 96.5. The molecule has 2 N–H and O–H groups in total. The summed E-state index contributed by atoms with van der Waals surface area (Å²) in [5.41, 5.74) is 5.68. The maximum Gasteiger partial charge on any atom is 0.0617 e. The van der Waals surface area contributed by atoms with Crippen LogP contribution in [0.1, 0.15) is 19.8 Å². The lowest BCUT2D eigenvalue weighted by Gasteiger charge is -2.11. The molecule has 12 heavy (non-hydrogen) atoms. The second-order valence-corrected chi connectivity index (χ2v) is 3.40. The van der Waals surface area contributed by atoms with Crippen molar-refractivity contribution < 1.29 is 4.74 Å². The standard InChI is InChI=1S/C9H22N2O/c1-4-9(10)8-12-7-5-6-11(2)3/h9H,4-8,10H2,1-3H3. The minimum Gasteiger partial charge on any atom is -0.380 e. The van der Waals surface area contributed by atoms with E-state index in [1.165, 1.54) is 0 Å². The lowest BCUT2D eigenvalue weighted by molar-refractivity contribution is 0.112. The van der Waals surface area contributed by atoms with Gasteiger partial charge in [0, 0.05) is 12.6 Å². The zero-order chi connectivity index (χ0) is 9.40. The highest BCUT2D eigenvalue weighted by Gasteiger charge is 1.97. The van der Waals surface area contributed by atoms with E-state index < -0.39 is 0 Å². The van der Waals surface area contributed by atoms with Crippen molar-refractivity contribution in [1.82, 2.24) is 4.90 Å². The SMILES string of the molecule is CCC(N)COCCCN(C)C. The van der Waals surface area contributed by atoms with Crippen LogP contribution in [0.4, 0.5) is 0 Å². The van der Waals surface area contributed by atoms with Crippen LogP contribution in [0.5, 0.6) is 0 Å². The Morgan fingerprint density at radius 1 is 1.42 bits per heavy atom.